The maximum atomic E-state index is 12.8. The highest BCUT2D eigenvalue weighted by Crippen LogP contribution is 2.27. The van der Waals surface area contributed by atoms with E-state index >= 15 is 0 Å². The van der Waals surface area contributed by atoms with Gasteiger partial charge < -0.3 is 9.32 Å². The molecule has 4 rings (SSSR count). The van der Waals surface area contributed by atoms with Crippen LogP contribution in [0.1, 0.15) is 23.1 Å². The van der Waals surface area contributed by atoms with Gasteiger partial charge in [-0.2, -0.15) is 0 Å². The zero-order valence-electron chi connectivity index (χ0n) is 15.9. The van der Waals surface area contributed by atoms with Crippen LogP contribution in [0.25, 0.3) is 11.0 Å². The molecule has 2 aliphatic rings. The molecule has 2 aliphatic heterocycles. The topological polar surface area (TPSA) is 70.8 Å². The summed E-state index contributed by atoms with van der Waals surface area (Å²) in [5.74, 6) is 0.666. The summed E-state index contributed by atoms with van der Waals surface area (Å²) >= 11 is 0. The summed E-state index contributed by atoms with van der Waals surface area (Å²) in [5.41, 5.74) is 4.10. The number of furan rings is 1. The van der Waals surface area contributed by atoms with Crippen LogP contribution in [0, 0.1) is 13.8 Å². The van der Waals surface area contributed by atoms with Crippen LogP contribution in [0.2, 0.25) is 0 Å². The van der Waals surface area contributed by atoms with Crippen molar-refractivity contribution in [3.05, 3.63) is 35.1 Å². The van der Waals surface area contributed by atoms with Crippen molar-refractivity contribution >= 4 is 26.7 Å². The van der Waals surface area contributed by atoms with E-state index in [1.54, 1.807) is 6.26 Å². The number of piperazine rings is 1. The van der Waals surface area contributed by atoms with Crippen LogP contribution in [0.5, 0.6) is 0 Å². The molecule has 1 aromatic heterocycles. The number of aryl methyl sites for hydroxylation is 2. The van der Waals surface area contributed by atoms with Crippen molar-refractivity contribution in [3.63, 3.8) is 0 Å². The zero-order valence-corrected chi connectivity index (χ0v) is 16.7. The lowest BCUT2D eigenvalue weighted by Gasteiger charge is -2.37. The summed E-state index contributed by atoms with van der Waals surface area (Å²) in [6.07, 6.45) is 2.76. The van der Waals surface area contributed by atoms with Gasteiger partial charge in [0.2, 0.25) is 5.91 Å². The number of sulfone groups is 1. The van der Waals surface area contributed by atoms with Gasteiger partial charge >= 0.3 is 0 Å². The van der Waals surface area contributed by atoms with Crippen molar-refractivity contribution in [1.82, 2.24) is 9.80 Å². The molecule has 27 heavy (non-hydrogen) atoms. The summed E-state index contributed by atoms with van der Waals surface area (Å²) in [7, 11) is -2.87. The van der Waals surface area contributed by atoms with E-state index < -0.39 is 9.84 Å². The van der Waals surface area contributed by atoms with Crippen molar-refractivity contribution in [2.75, 3.05) is 37.7 Å². The molecule has 0 saturated carbocycles. The molecule has 7 heteroatoms. The minimum atomic E-state index is -2.87. The second-order valence-corrected chi connectivity index (χ2v) is 10.0. The molecule has 2 aromatic rings. The maximum absolute atomic E-state index is 12.8. The fourth-order valence-electron chi connectivity index (χ4n) is 4.20. The van der Waals surface area contributed by atoms with Gasteiger partial charge in [0.05, 0.1) is 24.2 Å². The number of amides is 1. The van der Waals surface area contributed by atoms with Crippen molar-refractivity contribution < 1.29 is 17.6 Å². The maximum Gasteiger partial charge on any atom is 0.227 e. The monoisotopic (exact) mass is 390 g/mol. The van der Waals surface area contributed by atoms with E-state index in [2.05, 4.69) is 17.9 Å². The molecule has 2 saturated heterocycles. The summed E-state index contributed by atoms with van der Waals surface area (Å²) in [6.45, 7) is 6.89. The first kappa shape index (κ1) is 18.5. The molecule has 1 unspecified atom stereocenters. The van der Waals surface area contributed by atoms with Crippen molar-refractivity contribution in [2.24, 2.45) is 0 Å². The summed E-state index contributed by atoms with van der Waals surface area (Å²) in [4.78, 5) is 16.9. The average molecular weight is 391 g/mol. The largest absolute Gasteiger partial charge is 0.464 e. The summed E-state index contributed by atoms with van der Waals surface area (Å²) in [6, 6.07) is 4.22. The van der Waals surface area contributed by atoms with E-state index in [-0.39, 0.29) is 17.7 Å². The Bertz CT molecular complexity index is 971. The van der Waals surface area contributed by atoms with Crippen molar-refractivity contribution in [1.29, 1.82) is 0 Å². The van der Waals surface area contributed by atoms with Gasteiger partial charge in [0.25, 0.3) is 0 Å². The predicted octanol–water partition coefficient (Wildman–Crippen LogP) is 1.92. The first-order chi connectivity index (χ1) is 12.8. The molecule has 0 radical (unpaired) electrons. The Morgan fingerprint density at radius 3 is 2.59 bits per heavy atom. The van der Waals surface area contributed by atoms with Crippen LogP contribution in [-0.2, 0) is 21.1 Å². The van der Waals surface area contributed by atoms with Gasteiger partial charge in [-0.15, -0.1) is 0 Å². The second-order valence-electron chi connectivity index (χ2n) is 7.80. The van der Waals surface area contributed by atoms with Gasteiger partial charge in [-0.25, -0.2) is 8.42 Å². The van der Waals surface area contributed by atoms with Gasteiger partial charge in [0, 0.05) is 43.2 Å². The first-order valence-electron chi connectivity index (χ1n) is 9.52. The molecule has 0 aliphatic carbocycles. The van der Waals surface area contributed by atoms with Crippen LogP contribution in [0.3, 0.4) is 0 Å². The molecule has 1 atom stereocenters. The number of nitrogens with zero attached hydrogens (tertiary/aromatic N) is 2. The minimum absolute atomic E-state index is 0.106. The molecule has 146 valence electrons. The molecule has 1 aromatic carbocycles. The Morgan fingerprint density at radius 1 is 1.19 bits per heavy atom. The number of carbonyl (C=O) groups excluding carboxylic acids is 1. The number of hydrogen-bond donors (Lipinski definition) is 0. The zero-order chi connectivity index (χ0) is 19.2. The van der Waals surface area contributed by atoms with Crippen molar-refractivity contribution in [2.45, 2.75) is 32.7 Å². The quantitative estimate of drug-likeness (QED) is 0.801. The highest BCUT2D eigenvalue weighted by molar-refractivity contribution is 7.91. The molecule has 0 bridgehead atoms. The third kappa shape index (κ3) is 3.62. The molecule has 2 fully saturated rings. The Balaban J connectivity index is 1.38. The second kappa shape index (κ2) is 6.95. The van der Waals surface area contributed by atoms with E-state index in [4.69, 9.17) is 4.42 Å². The molecule has 0 N–H and O–H groups in total. The molecule has 1 amide bonds. The minimum Gasteiger partial charge on any atom is -0.464 e. The van der Waals surface area contributed by atoms with E-state index in [0.717, 1.165) is 41.6 Å². The van der Waals surface area contributed by atoms with E-state index in [1.807, 2.05) is 17.9 Å². The van der Waals surface area contributed by atoms with E-state index in [9.17, 15) is 13.2 Å². The molecular formula is C20H26N2O4S. The van der Waals surface area contributed by atoms with Crippen LogP contribution in [0.15, 0.2) is 22.8 Å². The van der Waals surface area contributed by atoms with Crippen LogP contribution >= 0.6 is 0 Å². The SMILES string of the molecule is Cc1ccc2c(CC(=O)N3CCN(C4CCS(=O)(=O)C4)CC3)coc2c1C. The van der Waals surface area contributed by atoms with Gasteiger partial charge in [-0.1, -0.05) is 12.1 Å². The highest BCUT2D eigenvalue weighted by Gasteiger charge is 2.34. The standard InChI is InChI=1S/C20H26N2O4S/c1-14-3-4-18-16(12-26-20(18)15(14)2)11-19(23)22-8-6-21(7-9-22)17-5-10-27(24,25)13-17/h3-4,12,17H,5-11,13H2,1-2H3. The fourth-order valence-corrected chi connectivity index (χ4v) is 5.96. The van der Waals surface area contributed by atoms with Crippen LogP contribution in [0.4, 0.5) is 0 Å². The molecular weight excluding hydrogens is 364 g/mol. The molecule has 6 nitrogen and oxygen atoms in total. The highest BCUT2D eigenvalue weighted by atomic mass is 32.2. The Morgan fingerprint density at radius 2 is 1.93 bits per heavy atom. The third-order valence-corrected chi connectivity index (χ3v) is 7.83. The Hall–Kier alpha value is -1.86. The summed E-state index contributed by atoms with van der Waals surface area (Å²) < 4.78 is 29.1. The van der Waals surface area contributed by atoms with Gasteiger partial charge in [0.1, 0.15) is 5.58 Å². The molecule has 3 heterocycles. The Kier molecular flexibility index (Phi) is 4.76. The number of benzene rings is 1. The van der Waals surface area contributed by atoms with Crippen molar-refractivity contribution in [3.8, 4) is 0 Å². The third-order valence-electron chi connectivity index (χ3n) is 6.08. The Labute approximate surface area is 160 Å². The first-order valence-corrected chi connectivity index (χ1v) is 11.3. The normalized spacial score (nSPS) is 23.2. The lowest BCUT2D eigenvalue weighted by Crippen LogP contribution is -2.52. The lowest BCUT2D eigenvalue weighted by atomic mass is 10.0. The smallest absolute Gasteiger partial charge is 0.227 e. The molecule has 0 spiro atoms. The number of carbonyl (C=O) groups is 1. The lowest BCUT2D eigenvalue weighted by molar-refractivity contribution is -0.132. The fraction of sp³-hybridized carbons (Fsp3) is 0.550. The average Bonchev–Trinajstić information content (AvgIpc) is 3.22. The number of fused-ring (bicyclic) bond motifs is 1. The van der Waals surface area contributed by atoms with Crippen LogP contribution < -0.4 is 0 Å². The predicted molar refractivity (Wildman–Crippen MR) is 105 cm³/mol. The number of hydrogen-bond acceptors (Lipinski definition) is 5. The van der Waals surface area contributed by atoms with Crippen LogP contribution in [-0.4, -0.2) is 67.9 Å². The van der Waals surface area contributed by atoms with Gasteiger partial charge in [-0.05, 0) is 31.4 Å². The van der Waals surface area contributed by atoms with E-state index in [1.165, 1.54) is 5.56 Å². The summed E-state index contributed by atoms with van der Waals surface area (Å²) in [5, 5.41) is 1.02. The van der Waals surface area contributed by atoms with Gasteiger partial charge in [-0.3, -0.25) is 9.69 Å². The number of rotatable bonds is 3. The van der Waals surface area contributed by atoms with E-state index in [0.29, 0.717) is 25.3 Å². The van der Waals surface area contributed by atoms with Gasteiger partial charge in [0.15, 0.2) is 9.84 Å².